The number of aldehydes is 1. The van der Waals surface area contributed by atoms with E-state index < -0.39 is 0 Å². The highest BCUT2D eigenvalue weighted by Crippen LogP contribution is 2.18. The molecule has 0 aliphatic heterocycles. The van der Waals surface area contributed by atoms with E-state index in [9.17, 15) is 4.79 Å². The molecule has 0 aliphatic rings. The normalized spacial score (nSPS) is 10.8. The predicted octanol–water partition coefficient (Wildman–Crippen LogP) is 1.28. The Morgan fingerprint density at radius 3 is 3.12 bits per heavy atom. The van der Waals surface area contributed by atoms with E-state index in [4.69, 9.17) is 0 Å². The molecule has 0 spiro atoms. The number of hydrogen-bond donors (Lipinski definition) is 0. The average molecular weight is 228 g/mol. The van der Waals surface area contributed by atoms with Crippen LogP contribution in [0.1, 0.15) is 16.2 Å². The van der Waals surface area contributed by atoms with Gasteiger partial charge in [0.25, 0.3) is 0 Å². The number of nitrogens with zero attached hydrogens (tertiary/aromatic N) is 4. The minimum atomic E-state index is 0.428. The molecular formula is C11H8N4O2. The molecule has 0 unspecified atom stereocenters. The van der Waals surface area contributed by atoms with E-state index in [1.807, 2.05) is 10.6 Å². The molecule has 3 aromatic heterocycles. The summed E-state index contributed by atoms with van der Waals surface area (Å²) in [6.07, 6.45) is 5.51. The number of pyridine rings is 1. The van der Waals surface area contributed by atoms with Gasteiger partial charge in [-0.3, -0.25) is 4.79 Å². The molecule has 6 heteroatoms. The molecule has 3 aromatic rings. The predicted molar refractivity (Wildman–Crippen MR) is 58.5 cm³/mol. The van der Waals surface area contributed by atoms with Gasteiger partial charge in [-0.25, -0.2) is 4.98 Å². The maximum absolute atomic E-state index is 10.9. The van der Waals surface area contributed by atoms with Gasteiger partial charge in [-0.05, 0) is 12.1 Å². The van der Waals surface area contributed by atoms with Gasteiger partial charge < -0.3 is 9.09 Å². The minimum absolute atomic E-state index is 0.428. The summed E-state index contributed by atoms with van der Waals surface area (Å²) in [4.78, 5) is 19.1. The molecule has 0 atom stereocenters. The van der Waals surface area contributed by atoms with Crippen molar-refractivity contribution in [2.75, 3.05) is 0 Å². The molecule has 0 fully saturated rings. The van der Waals surface area contributed by atoms with Gasteiger partial charge in [-0.1, -0.05) is 5.16 Å². The fraction of sp³-hybridized carbons (Fsp3) is 0.0909. The molecule has 0 aliphatic carbocycles. The summed E-state index contributed by atoms with van der Waals surface area (Å²) in [6, 6.07) is 3.66. The summed E-state index contributed by atoms with van der Waals surface area (Å²) in [5.74, 6) is 0.546. The Morgan fingerprint density at radius 1 is 1.41 bits per heavy atom. The number of carbonyl (C=O) groups is 1. The van der Waals surface area contributed by atoms with E-state index in [0.717, 1.165) is 17.3 Å². The third-order valence-corrected chi connectivity index (χ3v) is 2.51. The standard InChI is InChI=1S/C11H8N4O2/c16-6-8-4-15(5-10-13-7-17-14-10)11-9(8)2-1-3-12-11/h1-4,6-7H,5H2. The van der Waals surface area contributed by atoms with E-state index in [1.54, 1.807) is 18.5 Å². The maximum atomic E-state index is 10.9. The van der Waals surface area contributed by atoms with Gasteiger partial charge in [0.05, 0.1) is 6.54 Å². The second-order valence-corrected chi connectivity index (χ2v) is 3.55. The van der Waals surface area contributed by atoms with Crippen LogP contribution in [0.15, 0.2) is 35.4 Å². The number of rotatable bonds is 3. The summed E-state index contributed by atoms with van der Waals surface area (Å²) in [5.41, 5.74) is 1.34. The molecule has 3 heterocycles. The van der Waals surface area contributed by atoms with E-state index in [1.165, 1.54) is 6.39 Å². The zero-order valence-electron chi connectivity index (χ0n) is 8.78. The lowest BCUT2D eigenvalue weighted by atomic mass is 10.2. The van der Waals surface area contributed by atoms with Gasteiger partial charge in [0.15, 0.2) is 12.1 Å². The first kappa shape index (κ1) is 9.71. The molecule has 0 aromatic carbocycles. The summed E-state index contributed by atoms with van der Waals surface area (Å²) < 4.78 is 6.49. The maximum Gasteiger partial charge on any atom is 0.213 e. The highest BCUT2D eigenvalue weighted by Gasteiger charge is 2.10. The van der Waals surface area contributed by atoms with Gasteiger partial charge >= 0.3 is 0 Å². The summed E-state index contributed by atoms with van der Waals surface area (Å²) in [5, 5.41) is 4.56. The Morgan fingerprint density at radius 2 is 2.35 bits per heavy atom. The van der Waals surface area contributed by atoms with Crippen molar-refractivity contribution in [2.24, 2.45) is 0 Å². The minimum Gasteiger partial charge on any atom is -0.343 e. The van der Waals surface area contributed by atoms with Crippen molar-refractivity contribution in [3.05, 3.63) is 42.3 Å². The Labute approximate surface area is 95.9 Å². The molecule has 0 amide bonds. The van der Waals surface area contributed by atoms with Gasteiger partial charge in [0, 0.05) is 23.3 Å². The van der Waals surface area contributed by atoms with Crippen LogP contribution in [0.3, 0.4) is 0 Å². The van der Waals surface area contributed by atoms with Crippen LogP contribution in [0, 0.1) is 0 Å². The SMILES string of the molecule is O=Cc1cn(Cc2ncon2)c2ncccc12. The first-order valence-corrected chi connectivity index (χ1v) is 5.03. The molecular weight excluding hydrogens is 220 g/mol. The van der Waals surface area contributed by atoms with Crippen molar-refractivity contribution in [1.29, 1.82) is 0 Å². The topological polar surface area (TPSA) is 73.8 Å². The number of hydrogen-bond acceptors (Lipinski definition) is 5. The van der Waals surface area contributed by atoms with Crippen LogP contribution in [0.4, 0.5) is 0 Å². The lowest BCUT2D eigenvalue weighted by Crippen LogP contribution is -2.00. The molecule has 0 saturated heterocycles. The van der Waals surface area contributed by atoms with Crippen LogP contribution < -0.4 is 0 Å². The first-order valence-electron chi connectivity index (χ1n) is 5.03. The van der Waals surface area contributed by atoms with Crippen molar-refractivity contribution in [3.8, 4) is 0 Å². The summed E-state index contributed by atoms with van der Waals surface area (Å²) in [7, 11) is 0. The number of aromatic nitrogens is 4. The third-order valence-electron chi connectivity index (χ3n) is 2.51. The van der Waals surface area contributed by atoms with Crippen LogP contribution in [0.2, 0.25) is 0 Å². The molecule has 6 nitrogen and oxygen atoms in total. The third kappa shape index (κ3) is 1.59. The molecule has 0 bridgehead atoms. The molecule has 0 radical (unpaired) electrons. The highest BCUT2D eigenvalue weighted by atomic mass is 16.5. The lowest BCUT2D eigenvalue weighted by molar-refractivity contribution is 0.112. The zero-order chi connectivity index (χ0) is 11.7. The Bertz CT molecular complexity index is 657. The van der Waals surface area contributed by atoms with Gasteiger partial charge in [-0.15, -0.1) is 0 Å². The van der Waals surface area contributed by atoms with Gasteiger partial charge in [0.1, 0.15) is 5.65 Å². The van der Waals surface area contributed by atoms with Crippen LogP contribution in [0.5, 0.6) is 0 Å². The Hall–Kier alpha value is -2.50. The average Bonchev–Trinajstić information content (AvgIpc) is 2.98. The van der Waals surface area contributed by atoms with Gasteiger partial charge in [0.2, 0.25) is 6.39 Å². The highest BCUT2D eigenvalue weighted by molar-refractivity contribution is 5.95. The van der Waals surface area contributed by atoms with Crippen LogP contribution in [-0.4, -0.2) is 26.0 Å². The largest absolute Gasteiger partial charge is 0.343 e. The van der Waals surface area contributed by atoms with Crippen molar-refractivity contribution >= 4 is 17.3 Å². The smallest absolute Gasteiger partial charge is 0.213 e. The lowest BCUT2D eigenvalue weighted by Gasteiger charge is -1.99. The fourth-order valence-corrected chi connectivity index (χ4v) is 1.78. The zero-order valence-corrected chi connectivity index (χ0v) is 8.78. The molecule has 17 heavy (non-hydrogen) atoms. The first-order chi connectivity index (χ1) is 8.38. The molecule has 3 rings (SSSR count). The van der Waals surface area contributed by atoms with E-state index in [0.29, 0.717) is 17.9 Å². The molecule has 0 N–H and O–H groups in total. The monoisotopic (exact) mass is 228 g/mol. The summed E-state index contributed by atoms with van der Waals surface area (Å²) in [6.45, 7) is 0.428. The number of fused-ring (bicyclic) bond motifs is 1. The second-order valence-electron chi connectivity index (χ2n) is 3.55. The van der Waals surface area contributed by atoms with Crippen molar-refractivity contribution in [2.45, 2.75) is 6.54 Å². The quantitative estimate of drug-likeness (QED) is 0.631. The Kier molecular flexibility index (Phi) is 2.18. The number of carbonyl (C=O) groups excluding carboxylic acids is 1. The fourth-order valence-electron chi connectivity index (χ4n) is 1.78. The van der Waals surface area contributed by atoms with Crippen molar-refractivity contribution in [3.63, 3.8) is 0 Å². The van der Waals surface area contributed by atoms with Crippen molar-refractivity contribution < 1.29 is 9.32 Å². The van der Waals surface area contributed by atoms with E-state index in [2.05, 4.69) is 19.6 Å². The summed E-state index contributed by atoms with van der Waals surface area (Å²) >= 11 is 0. The van der Waals surface area contributed by atoms with Gasteiger partial charge in [-0.2, -0.15) is 4.98 Å². The van der Waals surface area contributed by atoms with E-state index >= 15 is 0 Å². The van der Waals surface area contributed by atoms with Crippen LogP contribution >= 0.6 is 0 Å². The van der Waals surface area contributed by atoms with E-state index in [-0.39, 0.29) is 0 Å². The molecule has 0 saturated carbocycles. The van der Waals surface area contributed by atoms with Crippen LogP contribution in [0.25, 0.3) is 11.0 Å². The Balaban J connectivity index is 2.13. The second kappa shape index (κ2) is 3.82. The molecule has 84 valence electrons. The van der Waals surface area contributed by atoms with Crippen LogP contribution in [-0.2, 0) is 6.54 Å². The van der Waals surface area contributed by atoms with Crippen molar-refractivity contribution in [1.82, 2.24) is 19.7 Å².